The molecular formula is C12H13N3O3S. The molecule has 0 aliphatic carbocycles. The number of aromatic nitrogens is 3. The third kappa shape index (κ3) is 2.25. The Kier molecular flexibility index (Phi) is 2.85. The number of carbonyl (C=O) groups excluding carboxylic acids is 1. The van der Waals surface area contributed by atoms with Crippen molar-refractivity contribution in [2.45, 2.75) is 18.8 Å². The summed E-state index contributed by atoms with van der Waals surface area (Å²) in [5.74, 6) is 0.687. The van der Waals surface area contributed by atoms with Crippen molar-refractivity contribution in [2.24, 2.45) is 0 Å². The lowest BCUT2D eigenvalue weighted by atomic mass is 10.1. The van der Waals surface area contributed by atoms with Crippen molar-refractivity contribution in [1.29, 1.82) is 0 Å². The van der Waals surface area contributed by atoms with Crippen molar-refractivity contribution < 1.29 is 13.2 Å². The Morgan fingerprint density at radius 3 is 3.00 bits per heavy atom. The highest BCUT2D eigenvalue weighted by molar-refractivity contribution is 7.91. The van der Waals surface area contributed by atoms with Gasteiger partial charge in [-0.2, -0.15) is 5.10 Å². The Labute approximate surface area is 110 Å². The third-order valence-corrected chi connectivity index (χ3v) is 5.18. The average molecular weight is 279 g/mol. The fourth-order valence-electron chi connectivity index (χ4n) is 2.43. The van der Waals surface area contributed by atoms with Crippen molar-refractivity contribution in [1.82, 2.24) is 14.6 Å². The fourth-order valence-corrected chi connectivity index (χ4v) is 4.14. The van der Waals surface area contributed by atoms with E-state index in [1.165, 1.54) is 4.52 Å². The Morgan fingerprint density at radius 1 is 1.42 bits per heavy atom. The molecule has 0 radical (unpaired) electrons. The van der Waals surface area contributed by atoms with E-state index >= 15 is 0 Å². The van der Waals surface area contributed by atoms with Crippen molar-refractivity contribution in [3.8, 4) is 0 Å². The van der Waals surface area contributed by atoms with E-state index in [-0.39, 0.29) is 17.4 Å². The Morgan fingerprint density at radius 2 is 2.26 bits per heavy atom. The van der Waals surface area contributed by atoms with Crippen LogP contribution in [-0.4, -0.2) is 40.8 Å². The first-order valence-electron chi connectivity index (χ1n) is 6.10. The number of fused-ring (bicyclic) bond motifs is 1. The molecule has 19 heavy (non-hydrogen) atoms. The molecular weight excluding hydrogens is 266 g/mol. The molecule has 0 spiro atoms. The number of aldehydes is 1. The molecule has 100 valence electrons. The van der Waals surface area contributed by atoms with Gasteiger partial charge in [0, 0.05) is 12.1 Å². The lowest BCUT2D eigenvalue weighted by Gasteiger charge is -2.18. The van der Waals surface area contributed by atoms with Gasteiger partial charge >= 0.3 is 0 Å². The van der Waals surface area contributed by atoms with Crippen molar-refractivity contribution in [2.75, 3.05) is 11.5 Å². The monoisotopic (exact) mass is 279 g/mol. The summed E-state index contributed by atoms with van der Waals surface area (Å²) in [6, 6.07) is 3.38. The van der Waals surface area contributed by atoms with Crippen LogP contribution < -0.4 is 0 Å². The number of pyridine rings is 1. The van der Waals surface area contributed by atoms with Crippen LogP contribution in [0.1, 0.15) is 34.9 Å². The highest BCUT2D eigenvalue weighted by Crippen LogP contribution is 2.26. The van der Waals surface area contributed by atoms with Gasteiger partial charge < -0.3 is 0 Å². The van der Waals surface area contributed by atoms with E-state index in [0.29, 0.717) is 23.5 Å². The average Bonchev–Trinajstić information content (AvgIpc) is 2.81. The highest BCUT2D eigenvalue weighted by Gasteiger charge is 2.28. The molecule has 1 atom stereocenters. The number of hydrogen-bond donors (Lipinski definition) is 0. The zero-order valence-corrected chi connectivity index (χ0v) is 11.0. The normalized spacial score (nSPS) is 22.4. The quantitative estimate of drug-likeness (QED) is 0.761. The summed E-state index contributed by atoms with van der Waals surface area (Å²) in [4.78, 5) is 15.3. The summed E-state index contributed by atoms with van der Waals surface area (Å²) in [7, 11) is -2.99. The van der Waals surface area contributed by atoms with E-state index in [9.17, 15) is 13.2 Å². The summed E-state index contributed by atoms with van der Waals surface area (Å²) in [5.41, 5.74) is 0.940. The third-order valence-electron chi connectivity index (χ3n) is 3.36. The SMILES string of the molecule is O=Cc1cccn2nc(C3CCCS(=O)(=O)C3)nc12. The highest BCUT2D eigenvalue weighted by atomic mass is 32.2. The molecule has 1 saturated heterocycles. The lowest BCUT2D eigenvalue weighted by molar-refractivity contribution is 0.112. The van der Waals surface area contributed by atoms with Gasteiger partial charge in [0.2, 0.25) is 0 Å². The molecule has 2 aromatic heterocycles. The zero-order chi connectivity index (χ0) is 13.5. The Hall–Kier alpha value is -1.76. The van der Waals surface area contributed by atoms with Crippen LogP contribution in [0.4, 0.5) is 0 Å². The van der Waals surface area contributed by atoms with Gasteiger partial charge in [0.15, 0.2) is 27.6 Å². The maximum atomic E-state index is 11.7. The van der Waals surface area contributed by atoms with Crippen molar-refractivity contribution in [3.63, 3.8) is 0 Å². The number of rotatable bonds is 2. The van der Waals surface area contributed by atoms with Crippen molar-refractivity contribution in [3.05, 3.63) is 29.7 Å². The Balaban J connectivity index is 2.04. The van der Waals surface area contributed by atoms with Crippen LogP contribution in [0.5, 0.6) is 0 Å². The van der Waals surface area contributed by atoms with E-state index in [1.807, 2.05) is 0 Å². The Bertz CT molecular complexity index is 736. The molecule has 1 aliphatic rings. The van der Waals surface area contributed by atoms with E-state index in [2.05, 4.69) is 10.1 Å². The van der Waals surface area contributed by atoms with Crippen LogP contribution in [0, 0.1) is 0 Å². The molecule has 0 bridgehead atoms. The van der Waals surface area contributed by atoms with Crippen LogP contribution in [0.15, 0.2) is 18.3 Å². The molecule has 7 heteroatoms. The first-order chi connectivity index (χ1) is 9.09. The minimum Gasteiger partial charge on any atom is -0.298 e. The standard InChI is InChI=1S/C12H13N3O3S/c16-7-9-3-1-5-15-12(9)13-11(14-15)10-4-2-6-19(17,18)8-10/h1,3,5,7,10H,2,4,6,8H2. The number of hydrogen-bond acceptors (Lipinski definition) is 5. The predicted octanol–water partition coefficient (Wildman–Crippen LogP) is 0.834. The molecule has 6 nitrogen and oxygen atoms in total. The largest absolute Gasteiger partial charge is 0.298 e. The van der Waals surface area contributed by atoms with Gasteiger partial charge in [0.25, 0.3) is 0 Å². The van der Waals surface area contributed by atoms with Gasteiger partial charge in [-0.05, 0) is 25.0 Å². The second kappa shape index (κ2) is 4.41. The molecule has 1 unspecified atom stereocenters. The summed E-state index contributed by atoms with van der Waals surface area (Å²) in [6.45, 7) is 0. The minimum absolute atomic E-state index is 0.0975. The first-order valence-corrected chi connectivity index (χ1v) is 7.92. The molecule has 3 heterocycles. The maximum absolute atomic E-state index is 11.7. The van der Waals surface area contributed by atoms with E-state index < -0.39 is 9.84 Å². The molecule has 1 fully saturated rings. The topological polar surface area (TPSA) is 81.4 Å². The van der Waals surface area contributed by atoms with Gasteiger partial charge in [-0.1, -0.05) is 0 Å². The van der Waals surface area contributed by atoms with Gasteiger partial charge in [0.1, 0.15) is 0 Å². The van der Waals surface area contributed by atoms with Gasteiger partial charge in [-0.25, -0.2) is 17.9 Å². The van der Waals surface area contributed by atoms with Crippen LogP contribution in [0.2, 0.25) is 0 Å². The minimum atomic E-state index is -2.99. The van der Waals surface area contributed by atoms with Crippen molar-refractivity contribution >= 4 is 21.8 Å². The lowest BCUT2D eigenvalue weighted by Crippen LogP contribution is -2.24. The van der Waals surface area contributed by atoms with Crippen LogP contribution in [0.25, 0.3) is 5.65 Å². The number of sulfone groups is 1. The molecule has 0 N–H and O–H groups in total. The van der Waals surface area contributed by atoms with Crippen LogP contribution in [-0.2, 0) is 9.84 Å². The van der Waals surface area contributed by atoms with E-state index in [1.54, 1.807) is 18.3 Å². The summed E-state index contributed by atoms with van der Waals surface area (Å²) < 4.78 is 24.8. The molecule has 3 rings (SSSR count). The van der Waals surface area contributed by atoms with E-state index in [0.717, 1.165) is 12.7 Å². The van der Waals surface area contributed by atoms with Crippen LogP contribution in [0.3, 0.4) is 0 Å². The second-order valence-electron chi connectivity index (χ2n) is 4.77. The fraction of sp³-hybridized carbons (Fsp3) is 0.417. The number of carbonyl (C=O) groups is 1. The van der Waals surface area contributed by atoms with Gasteiger partial charge in [0.05, 0.1) is 17.1 Å². The number of nitrogens with zero attached hydrogens (tertiary/aromatic N) is 3. The summed E-state index contributed by atoms with van der Waals surface area (Å²) >= 11 is 0. The predicted molar refractivity (Wildman–Crippen MR) is 69.0 cm³/mol. The molecule has 0 saturated carbocycles. The van der Waals surface area contributed by atoms with Gasteiger partial charge in [-0.15, -0.1) is 0 Å². The molecule has 1 aliphatic heterocycles. The van der Waals surface area contributed by atoms with E-state index in [4.69, 9.17) is 0 Å². The van der Waals surface area contributed by atoms with Crippen LogP contribution >= 0.6 is 0 Å². The second-order valence-corrected chi connectivity index (χ2v) is 7.00. The summed E-state index contributed by atoms with van der Waals surface area (Å²) in [6.07, 6.45) is 3.84. The summed E-state index contributed by atoms with van der Waals surface area (Å²) in [5, 5.41) is 4.29. The molecule has 0 amide bonds. The first kappa shape index (κ1) is 12.3. The maximum Gasteiger partial charge on any atom is 0.166 e. The molecule has 2 aromatic rings. The smallest absolute Gasteiger partial charge is 0.166 e. The molecule has 0 aromatic carbocycles. The van der Waals surface area contributed by atoms with Gasteiger partial charge in [-0.3, -0.25) is 4.79 Å². The zero-order valence-electron chi connectivity index (χ0n) is 10.2.